The molecule has 0 amide bonds. The van der Waals surface area contributed by atoms with E-state index in [1.807, 2.05) is 6.07 Å². The first-order valence-electron chi connectivity index (χ1n) is 5.91. The summed E-state index contributed by atoms with van der Waals surface area (Å²) in [6.07, 6.45) is 1.33. The maximum atomic E-state index is 11.9. The Morgan fingerprint density at radius 3 is 2.21 bits per heavy atom. The van der Waals surface area contributed by atoms with Crippen molar-refractivity contribution in [2.75, 3.05) is 20.1 Å². The molecule has 0 aliphatic heterocycles. The van der Waals surface area contributed by atoms with Gasteiger partial charge in [0.25, 0.3) is 0 Å². The molecule has 0 saturated carbocycles. The lowest BCUT2D eigenvalue weighted by molar-refractivity contribution is 0.0553. The maximum absolute atomic E-state index is 11.9. The van der Waals surface area contributed by atoms with E-state index in [0.29, 0.717) is 17.9 Å². The second-order valence-corrected chi connectivity index (χ2v) is 4.45. The molecule has 0 spiro atoms. The summed E-state index contributed by atoms with van der Waals surface area (Å²) in [6.45, 7) is 1.75. The Bertz CT molecular complexity index is 483. The van der Waals surface area contributed by atoms with E-state index in [4.69, 9.17) is 21.1 Å². The minimum atomic E-state index is -0.536. The fourth-order valence-electron chi connectivity index (χ4n) is 1.92. The number of ether oxygens (including phenoxy) is 2. The molecule has 0 unspecified atom stereocenters. The zero-order valence-corrected chi connectivity index (χ0v) is 12.0. The summed E-state index contributed by atoms with van der Waals surface area (Å²) >= 11 is 5.67. The third-order valence-electron chi connectivity index (χ3n) is 2.86. The average Bonchev–Trinajstić information content (AvgIpc) is 2.43. The molecule has 0 saturated heterocycles. The first kappa shape index (κ1) is 15.5. The predicted octanol–water partition coefficient (Wildman–Crippen LogP) is 2.74. The number of rotatable bonds is 5. The number of hydrogen-bond donors (Lipinski definition) is 0. The standard InChI is InChI=1S/C14H17ClO4/c1-9-6-7-10(5-4-8-15)12(14(17)19-3)11(9)13(16)18-2/h6-7H,4-5,8H2,1-3H3. The van der Waals surface area contributed by atoms with Gasteiger partial charge >= 0.3 is 11.9 Å². The van der Waals surface area contributed by atoms with Gasteiger partial charge in [0.05, 0.1) is 25.3 Å². The van der Waals surface area contributed by atoms with Crippen LogP contribution in [0.5, 0.6) is 0 Å². The number of carbonyl (C=O) groups is 2. The smallest absolute Gasteiger partial charge is 0.339 e. The SMILES string of the molecule is COC(=O)c1c(C)ccc(CCCCl)c1C(=O)OC. The van der Waals surface area contributed by atoms with Crippen molar-refractivity contribution in [3.8, 4) is 0 Å². The summed E-state index contributed by atoms with van der Waals surface area (Å²) in [4.78, 5) is 23.8. The third kappa shape index (κ3) is 3.47. The monoisotopic (exact) mass is 284 g/mol. The number of carbonyl (C=O) groups excluding carboxylic acids is 2. The topological polar surface area (TPSA) is 52.6 Å². The van der Waals surface area contributed by atoms with Crippen LogP contribution in [0.15, 0.2) is 12.1 Å². The van der Waals surface area contributed by atoms with Crippen molar-refractivity contribution in [2.24, 2.45) is 0 Å². The van der Waals surface area contributed by atoms with Gasteiger partial charge in [0.15, 0.2) is 0 Å². The summed E-state index contributed by atoms with van der Waals surface area (Å²) in [5.74, 6) is -0.582. The van der Waals surface area contributed by atoms with Crippen molar-refractivity contribution in [1.82, 2.24) is 0 Å². The molecule has 0 N–H and O–H groups in total. The summed E-state index contributed by atoms with van der Waals surface area (Å²) in [5.41, 5.74) is 1.97. The molecule has 0 radical (unpaired) electrons. The van der Waals surface area contributed by atoms with Gasteiger partial charge in [-0.3, -0.25) is 0 Å². The molecule has 0 atom stereocenters. The van der Waals surface area contributed by atoms with E-state index in [9.17, 15) is 9.59 Å². The molecule has 0 aromatic heterocycles. The normalized spacial score (nSPS) is 10.1. The number of hydrogen-bond acceptors (Lipinski definition) is 4. The molecule has 1 aromatic rings. The van der Waals surface area contributed by atoms with Crippen LogP contribution in [-0.4, -0.2) is 32.0 Å². The molecule has 0 aliphatic rings. The molecule has 1 rings (SSSR count). The largest absolute Gasteiger partial charge is 0.465 e. The molecule has 0 aliphatic carbocycles. The van der Waals surface area contributed by atoms with E-state index in [0.717, 1.165) is 12.0 Å². The van der Waals surface area contributed by atoms with Gasteiger partial charge in [-0.1, -0.05) is 12.1 Å². The minimum Gasteiger partial charge on any atom is -0.465 e. The summed E-state index contributed by atoms with van der Waals surface area (Å²) in [7, 11) is 2.57. The van der Waals surface area contributed by atoms with Crippen LogP contribution >= 0.6 is 11.6 Å². The Balaban J connectivity index is 3.41. The minimum absolute atomic E-state index is 0.265. The lowest BCUT2D eigenvalue weighted by Crippen LogP contribution is -2.16. The molecule has 19 heavy (non-hydrogen) atoms. The summed E-state index contributed by atoms with van der Waals surface area (Å²) in [5, 5.41) is 0. The van der Waals surface area contributed by atoms with Crippen molar-refractivity contribution in [1.29, 1.82) is 0 Å². The second-order valence-electron chi connectivity index (χ2n) is 4.07. The van der Waals surface area contributed by atoms with Gasteiger partial charge < -0.3 is 9.47 Å². The van der Waals surface area contributed by atoms with E-state index >= 15 is 0 Å². The molecule has 4 nitrogen and oxygen atoms in total. The van der Waals surface area contributed by atoms with Crippen LogP contribution in [0.4, 0.5) is 0 Å². The Labute approximate surface area is 117 Å². The molecule has 1 aromatic carbocycles. The summed E-state index contributed by atoms with van der Waals surface area (Å²) in [6, 6.07) is 3.61. The van der Waals surface area contributed by atoms with Gasteiger partial charge in [0.1, 0.15) is 0 Å². The first-order valence-corrected chi connectivity index (χ1v) is 6.45. The zero-order valence-electron chi connectivity index (χ0n) is 11.3. The van der Waals surface area contributed by atoms with Crippen molar-refractivity contribution < 1.29 is 19.1 Å². The van der Waals surface area contributed by atoms with Crippen molar-refractivity contribution in [3.63, 3.8) is 0 Å². The van der Waals surface area contributed by atoms with Gasteiger partial charge in [0, 0.05) is 5.88 Å². The van der Waals surface area contributed by atoms with Crippen molar-refractivity contribution >= 4 is 23.5 Å². The Morgan fingerprint density at radius 1 is 1.11 bits per heavy atom. The fraction of sp³-hybridized carbons (Fsp3) is 0.429. The van der Waals surface area contributed by atoms with Crippen LogP contribution in [0.25, 0.3) is 0 Å². The van der Waals surface area contributed by atoms with Gasteiger partial charge in [-0.25, -0.2) is 9.59 Å². The number of benzene rings is 1. The highest BCUT2D eigenvalue weighted by Crippen LogP contribution is 2.22. The fourth-order valence-corrected chi connectivity index (χ4v) is 2.05. The van der Waals surface area contributed by atoms with Gasteiger partial charge in [-0.05, 0) is 30.9 Å². The Kier molecular flexibility index (Phi) is 5.83. The Morgan fingerprint density at radius 2 is 1.68 bits per heavy atom. The molecule has 0 bridgehead atoms. The van der Waals surface area contributed by atoms with Gasteiger partial charge in [0.2, 0.25) is 0 Å². The highest BCUT2D eigenvalue weighted by molar-refractivity contribution is 6.17. The number of methoxy groups -OCH3 is 2. The van der Waals surface area contributed by atoms with Crippen LogP contribution < -0.4 is 0 Å². The quantitative estimate of drug-likeness (QED) is 0.616. The van der Waals surface area contributed by atoms with Crippen molar-refractivity contribution in [2.45, 2.75) is 19.8 Å². The molecular weight excluding hydrogens is 268 g/mol. The summed E-state index contributed by atoms with van der Waals surface area (Å²) < 4.78 is 9.51. The molecule has 5 heteroatoms. The van der Waals surface area contributed by atoms with Crippen molar-refractivity contribution in [3.05, 3.63) is 34.4 Å². The van der Waals surface area contributed by atoms with Crippen LogP contribution in [0.2, 0.25) is 0 Å². The van der Waals surface area contributed by atoms with Gasteiger partial charge in [-0.2, -0.15) is 0 Å². The third-order valence-corrected chi connectivity index (χ3v) is 3.13. The van der Waals surface area contributed by atoms with E-state index < -0.39 is 11.9 Å². The van der Waals surface area contributed by atoms with Crippen LogP contribution in [0, 0.1) is 6.92 Å². The lowest BCUT2D eigenvalue weighted by atomic mass is 9.94. The van der Waals surface area contributed by atoms with E-state index in [1.165, 1.54) is 14.2 Å². The maximum Gasteiger partial charge on any atom is 0.339 e. The first-order chi connectivity index (χ1) is 9.06. The number of esters is 2. The van der Waals surface area contributed by atoms with Gasteiger partial charge in [-0.15, -0.1) is 11.6 Å². The second kappa shape index (κ2) is 7.14. The lowest BCUT2D eigenvalue weighted by Gasteiger charge is -2.14. The highest BCUT2D eigenvalue weighted by Gasteiger charge is 2.24. The molecule has 104 valence electrons. The Hall–Kier alpha value is -1.55. The molecular formula is C14H17ClO4. The van der Waals surface area contributed by atoms with Crippen LogP contribution in [0.3, 0.4) is 0 Å². The van der Waals surface area contributed by atoms with E-state index in [2.05, 4.69) is 0 Å². The molecule has 0 heterocycles. The molecule has 0 fully saturated rings. The highest BCUT2D eigenvalue weighted by atomic mass is 35.5. The van der Waals surface area contributed by atoms with E-state index in [-0.39, 0.29) is 11.1 Å². The number of aryl methyl sites for hydroxylation is 2. The number of halogens is 1. The predicted molar refractivity (Wildman–Crippen MR) is 72.9 cm³/mol. The van der Waals surface area contributed by atoms with Crippen LogP contribution in [-0.2, 0) is 15.9 Å². The number of alkyl halides is 1. The van der Waals surface area contributed by atoms with Crippen LogP contribution in [0.1, 0.15) is 38.3 Å². The zero-order chi connectivity index (χ0) is 14.4. The van der Waals surface area contributed by atoms with E-state index in [1.54, 1.807) is 13.0 Å². The average molecular weight is 285 g/mol.